The summed E-state index contributed by atoms with van der Waals surface area (Å²) in [7, 11) is -5.12. The second-order valence-electron chi connectivity index (χ2n) is 17.2. The summed E-state index contributed by atoms with van der Waals surface area (Å²) in [6.45, 7) is 3.20. The SMILES string of the molecule is CCCCCCCCC/C=C\CCCCCCC(O)C(=O)NC(COC1OC(CO)C(O)C(OS(=O)(=O)O)C1O)C(O)/C=C/CC/C=C/CCCCCCCCCCCCCC. The van der Waals surface area contributed by atoms with Crippen molar-refractivity contribution in [3.8, 4) is 0 Å². The quantitative estimate of drug-likeness (QED) is 0.0174. The molecular weight excluding hydrogens is 815 g/mol. The summed E-state index contributed by atoms with van der Waals surface area (Å²) in [4.78, 5) is 13.1. The van der Waals surface area contributed by atoms with E-state index in [1.807, 2.05) is 0 Å². The van der Waals surface area contributed by atoms with Gasteiger partial charge in [0.05, 0.1) is 25.4 Å². The van der Waals surface area contributed by atoms with Crippen LogP contribution in [0.5, 0.6) is 0 Å². The number of carbonyl (C=O) groups excluding carboxylic acids is 1. The van der Waals surface area contributed by atoms with Crippen LogP contribution in [0.25, 0.3) is 0 Å². The smallest absolute Gasteiger partial charge is 0.394 e. The predicted octanol–water partition coefficient (Wildman–Crippen LogP) is 8.86. The van der Waals surface area contributed by atoms with Gasteiger partial charge in [-0.3, -0.25) is 9.35 Å². The van der Waals surface area contributed by atoms with Gasteiger partial charge in [0.25, 0.3) is 0 Å². The molecule has 1 amide bonds. The van der Waals surface area contributed by atoms with Crippen LogP contribution in [0.15, 0.2) is 36.5 Å². The fourth-order valence-electron chi connectivity index (χ4n) is 7.59. The molecule has 1 aliphatic heterocycles. The third kappa shape index (κ3) is 30.4. The number of rotatable bonds is 41. The summed E-state index contributed by atoms with van der Waals surface area (Å²) < 4.78 is 47.5. The topological polar surface area (TPSA) is 212 Å². The molecule has 7 N–H and O–H groups in total. The average Bonchev–Trinajstić information content (AvgIpc) is 3.24. The molecule has 1 aliphatic rings. The van der Waals surface area contributed by atoms with Crippen LogP contribution in [0.4, 0.5) is 0 Å². The number of carbonyl (C=O) groups is 1. The summed E-state index contributed by atoms with van der Waals surface area (Å²) in [5.74, 6) is -0.721. The number of nitrogens with one attached hydrogen (secondary N) is 1. The maximum Gasteiger partial charge on any atom is 0.397 e. The summed E-state index contributed by atoms with van der Waals surface area (Å²) in [5.41, 5.74) is 0. The Hall–Kier alpha value is -1.72. The maximum absolute atomic E-state index is 13.1. The van der Waals surface area contributed by atoms with Crippen LogP contribution < -0.4 is 5.32 Å². The molecule has 0 aromatic carbocycles. The molecule has 8 atom stereocenters. The first-order valence-corrected chi connectivity index (χ1v) is 25.8. The number of allylic oxidation sites excluding steroid dienone is 5. The first kappa shape index (κ1) is 58.3. The van der Waals surface area contributed by atoms with Gasteiger partial charge in [0.2, 0.25) is 5.91 Å². The summed E-state index contributed by atoms with van der Waals surface area (Å²) in [6, 6.07) is -1.14. The Bertz CT molecular complexity index is 1260. The molecule has 364 valence electrons. The molecular formula is C48H89NO12S. The Morgan fingerprint density at radius 3 is 1.55 bits per heavy atom. The van der Waals surface area contributed by atoms with Gasteiger partial charge >= 0.3 is 10.4 Å². The second-order valence-corrected chi connectivity index (χ2v) is 18.2. The lowest BCUT2D eigenvalue weighted by Gasteiger charge is -2.41. The van der Waals surface area contributed by atoms with Crippen molar-refractivity contribution >= 4 is 16.3 Å². The molecule has 0 radical (unpaired) electrons. The minimum Gasteiger partial charge on any atom is -0.394 e. The number of amides is 1. The molecule has 13 nitrogen and oxygen atoms in total. The van der Waals surface area contributed by atoms with E-state index in [9.17, 15) is 43.3 Å². The van der Waals surface area contributed by atoms with Gasteiger partial charge in [0, 0.05) is 0 Å². The Morgan fingerprint density at radius 2 is 1.08 bits per heavy atom. The van der Waals surface area contributed by atoms with E-state index in [0.717, 1.165) is 51.4 Å². The van der Waals surface area contributed by atoms with Gasteiger partial charge in [-0.05, 0) is 57.8 Å². The van der Waals surface area contributed by atoms with Crippen LogP contribution in [0, 0.1) is 0 Å². The lowest BCUT2D eigenvalue weighted by Crippen LogP contribution is -2.61. The van der Waals surface area contributed by atoms with Gasteiger partial charge < -0.3 is 40.3 Å². The summed E-state index contributed by atoms with van der Waals surface area (Å²) in [5, 5.41) is 55.2. The molecule has 1 rings (SSSR count). The van der Waals surface area contributed by atoms with Crippen LogP contribution in [-0.2, 0) is 28.9 Å². The monoisotopic (exact) mass is 904 g/mol. The molecule has 62 heavy (non-hydrogen) atoms. The largest absolute Gasteiger partial charge is 0.397 e. The van der Waals surface area contributed by atoms with Gasteiger partial charge in [-0.2, -0.15) is 8.42 Å². The van der Waals surface area contributed by atoms with Gasteiger partial charge in [-0.25, -0.2) is 4.18 Å². The van der Waals surface area contributed by atoms with Gasteiger partial charge in [0.1, 0.15) is 30.5 Å². The number of hydrogen-bond donors (Lipinski definition) is 7. The highest BCUT2D eigenvalue weighted by Crippen LogP contribution is 2.26. The maximum atomic E-state index is 13.1. The van der Waals surface area contributed by atoms with Crippen LogP contribution >= 0.6 is 0 Å². The van der Waals surface area contributed by atoms with E-state index in [2.05, 4.69) is 47.7 Å². The van der Waals surface area contributed by atoms with E-state index in [0.29, 0.717) is 12.8 Å². The first-order valence-electron chi connectivity index (χ1n) is 24.5. The number of unbranched alkanes of at least 4 members (excludes halogenated alkanes) is 24. The predicted molar refractivity (Wildman–Crippen MR) is 247 cm³/mol. The molecule has 0 aromatic rings. The highest BCUT2D eigenvalue weighted by molar-refractivity contribution is 7.80. The highest BCUT2D eigenvalue weighted by Gasteiger charge is 2.48. The van der Waals surface area contributed by atoms with Crippen LogP contribution in [0.2, 0.25) is 0 Å². The second kappa shape index (κ2) is 38.5. The molecule has 0 spiro atoms. The van der Waals surface area contributed by atoms with Gasteiger partial charge in [-0.1, -0.05) is 179 Å². The Labute approximate surface area is 376 Å². The Balaban J connectivity index is 2.60. The third-order valence-electron chi connectivity index (χ3n) is 11.5. The molecule has 1 saturated heterocycles. The standard InChI is InChI=1S/C48H89NO12S/c1-3-5-7-9-11-13-15-17-19-20-21-23-24-26-28-30-32-34-36-41(51)40(39-59-48-45(54)46(61-62(56,57)58)44(53)43(38-50)60-48)49-47(55)42(52)37-35-33-31-29-27-25-22-18-16-14-12-10-8-6-4-2/h22,25-26,28,34,36,40-46,48,50-54H,3-21,23-24,27,29-33,35,37-39H2,1-2H3,(H,49,55)(H,56,57,58)/b25-22-,28-26+,36-34+. The lowest BCUT2D eigenvalue weighted by atomic mass is 9.99. The molecule has 0 saturated carbocycles. The molecule has 0 aromatic heterocycles. The lowest BCUT2D eigenvalue weighted by molar-refractivity contribution is -0.298. The van der Waals surface area contributed by atoms with Crippen molar-refractivity contribution in [3.63, 3.8) is 0 Å². The van der Waals surface area contributed by atoms with E-state index in [4.69, 9.17) is 9.47 Å². The number of hydrogen-bond acceptors (Lipinski definition) is 11. The molecule has 14 heteroatoms. The van der Waals surface area contributed by atoms with Crippen molar-refractivity contribution in [2.24, 2.45) is 0 Å². The van der Waals surface area contributed by atoms with Crippen LogP contribution in [-0.4, -0.2) is 107 Å². The van der Waals surface area contributed by atoms with Crippen LogP contribution in [0.3, 0.4) is 0 Å². The molecule has 0 aliphatic carbocycles. The molecule has 8 unspecified atom stereocenters. The summed E-state index contributed by atoms with van der Waals surface area (Å²) >= 11 is 0. The minimum atomic E-state index is -5.12. The van der Waals surface area contributed by atoms with Crippen molar-refractivity contribution in [2.75, 3.05) is 13.2 Å². The van der Waals surface area contributed by atoms with Gasteiger partial charge in [-0.15, -0.1) is 0 Å². The zero-order valence-electron chi connectivity index (χ0n) is 38.5. The zero-order valence-corrected chi connectivity index (χ0v) is 39.4. The van der Waals surface area contributed by atoms with Crippen molar-refractivity contribution in [1.82, 2.24) is 5.32 Å². The average molecular weight is 904 g/mol. The van der Waals surface area contributed by atoms with Crippen molar-refractivity contribution in [3.05, 3.63) is 36.5 Å². The van der Waals surface area contributed by atoms with Crippen molar-refractivity contribution < 1.29 is 57.0 Å². The molecule has 0 bridgehead atoms. The van der Waals surface area contributed by atoms with E-state index >= 15 is 0 Å². The zero-order chi connectivity index (χ0) is 45.7. The van der Waals surface area contributed by atoms with Crippen molar-refractivity contribution in [2.45, 2.75) is 249 Å². The fourth-order valence-corrected chi connectivity index (χ4v) is 8.10. The van der Waals surface area contributed by atoms with Crippen LogP contribution in [0.1, 0.15) is 200 Å². The Morgan fingerprint density at radius 1 is 0.645 bits per heavy atom. The van der Waals surface area contributed by atoms with E-state index in [1.54, 1.807) is 6.08 Å². The van der Waals surface area contributed by atoms with Gasteiger partial charge in [0.15, 0.2) is 6.29 Å². The minimum absolute atomic E-state index is 0.222. The molecule has 1 fully saturated rings. The number of ether oxygens (including phenoxy) is 2. The number of aliphatic hydroxyl groups excluding tert-OH is 5. The fraction of sp³-hybridized carbons (Fsp3) is 0.854. The first-order chi connectivity index (χ1) is 29.9. The summed E-state index contributed by atoms with van der Waals surface area (Å²) in [6.07, 6.45) is 33.7. The molecule has 1 heterocycles. The van der Waals surface area contributed by atoms with Crippen molar-refractivity contribution in [1.29, 1.82) is 0 Å². The Kier molecular flexibility index (Phi) is 36.2. The number of aliphatic hydroxyl groups is 5. The highest BCUT2D eigenvalue weighted by atomic mass is 32.3. The normalized spacial score (nSPS) is 21.3. The van der Waals surface area contributed by atoms with E-state index in [1.165, 1.54) is 122 Å². The van der Waals surface area contributed by atoms with E-state index in [-0.39, 0.29) is 6.42 Å². The third-order valence-corrected chi connectivity index (χ3v) is 12.0. The van der Waals surface area contributed by atoms with E-state index < -0.39 is 78.5 Å².